The summed E-state index contributed by atoms with van der Waals surface area (Å²) in [6.45, 7) is 6.19. The van der Waals surface area contributed by atoms with E-state index in [1.54, 1.807) is 36.4 Å². The molecule has 3 rings (SSSR count). The standard InChI is InChI=1S/C31H38ClN3O4S/c1-5-19-33-31(37)29(20-24-9-7-6-8-10-24)34(21-25-11-15-27(32)16-12-25)30(36)22-35(40(4,38)39)28-17-13-26(14-18-28)23(2)3/h6-18,23,29H,5,19-22H2,1-4H3,(H,33,37)/t29-/m1/s1. The highest BCUT2D eigenvalue weighted by atomic mass is 35.5. The van der Waals surface area contributed by atoms with Gasteiger partial charge in [0.25, 0.3) is 0 Å². The summed E-state index contributed by atoms with van der Waals surface area (Å²) in [7, 11) is -3.81. The van der Waals surface area contributed by atoms with E-state index in [4.69, 9.17) is 11.6 Å². The van der Waals surface area contributed by atoms with Gasteiger partial charge in [0.05, 0.1) is 11.9 Å². The molecule has 0 aliphatic rings. The monoisotopic (exact) mass is 583 g/mol. The molecule has 9 heteroatoms. The van der Waals surface area contributed by atoms with Gasteiger partial charge in [0, 0.05) is 24.5 Å². The fourth-order valence-corrected chi connectivity index (χ4v) is 5.32. The van der Waals surface area contributed by atoms with Gasteiger partial charge in [-0.15, -0.1) is 0 Å². The minimum absolute atomic E-state index is 0.108. The highest BCUT2D eigenvalue weighted by Gasteiger charge is 2.33. The summed E-state index contributed by atoms with van der Waals surface area (Å²) in [5.74, 6) is -0.501. The molecule has 1 atom stereocenters. The van der Waals surface area contributed by atoms with Crippen LogP contribution in [-0.2, 0) is 32.6 Å². The maximum absolute atomic E-state index is 14.0. The van der Waals surface area contributed by atoms with Gasteiger partial charge in [0.1, 0.15) is 12.6 Å². The third-order valence-corrected chi connectivity index (χ3v) is 8.01. The van der Waals surface area contributed by atoms with Crippen LogP contribution in [0.4, 0.5) is 5.69 Å². The maximum Gasteiger partial charge on any atom is 0.244 e. The van der Waals surface area contributed by atoms with E-state index in [1.807, 2.05) is 49.4 Å². The molecule has 214 valence electrons. The van der Waals surface area contributed by atoms with Crippen molar-refractivity contribution in [3.63, 3.8) is 0 Å². The van der Waals surface area contributed by atoms with Crippen LogP contribution in [0.25, 0.3) is 0 Å². The number of rotatable bonds is 13. The summed E-state index contributed by atoms with van der Waals surface area (Å²) >= 11 is 6.09. The van der Waals surface area contributed by atoms with Crippen molar-refractivity contribution in [1.29, 1.82) is 0 Å². The summed E-state index contributed by atoms with van der Waals surface area (Å²) in [4.78, 5) is 29.0. The number of sulfonamides is 1. The van der Waals surface area contributed by atoms with Gasteiger partial charge in [0.15, 0.2) is 0 Å². The second kappa shape index (κ2) is 14.3. The van der Waals surface area contributed by atoms with Gasteiger partial charge >= 0.3 is 0 Å². The third-order valence-electron chi connectivity index (χ3n) is 6.61. The average molecular weight is 584 g/mol. The molecule has 0 aliphatic carbocycles. The van der Waals surface area contributed by atoms with Gasteiger partial charge in [-0.05, 0) is 53.3 Å². The van der Waals surface area contributed by atoms with E-state index in [1.165, 1.54) is 4.90 Å². The Morgan fingerprint density at radius 1 is 0.900 bits per heavy atom. The van der Waals surface area contributed by atoms with E-state index in [-0.39, 0.29) is 24.8 Å². The Kier molecular flexibility index (Phi) is 11.2. The second-order valence-corrected chi connectivity index (χ2v) is 12.5. The van der Waals surface area contributed by atoms with Crippen LogP contribution in [0.15, 0.2) is 78.9 Å². The van der Waals surface area contributed by atoms with E-state index < -0.39 is 28.5 Å². The number of carbonyl (C=O) groups is 2. The Balaban J connectivity index is 2.02. The summed E-state index contributed by atoms with van der Waals surface area (Å²) in [6, 6.07) is 22.8. The van der Waals surface area contributed by atoms with Crippen molar-refractivity contribution in [3.8, 4) is 0 Å². The number of anilines is 1. The maximum atomic E-state index is 14.0. The zero-order chi connectivity index (χ0) is 29.3. The molecule has 0 unspecified atom stereocenters. The highest BCUT2D eigenvalue weighted by Crippen LogP contribution is 2.23. The molecule has 0 aromatic heterocycles. The van der Waals surface area contributed by atoms with Crippen LogP contribution >= 0.6 is 11.6 Å². The van der Waals surface area contributed by atoms with Crippen LogP contribution in [0, 0.1) is 0 Å². The largest absolute Gasteiger partial charge is 0.354 e. The van der Waals surface area contributed by atoms with E-state index in [2.05, 4.69) is 19.2 Å². The fraction of sp³-hybridized carbons (Fsp3) is 0.355. The summed E-state index contributed by atoms with van der Waals surface area (Å²) in [6.07, 6.45) is 2.09. The van der Waals surface area contributed by atoms with E-state index in [0.29, 0.717) is 17.3 Å². The van der Waals surface area contributed by atoms with E-state index in [0.717, 1.165) is 33.7 Å². The first-order valence-corrected chi connectivity index (χ1v) is 15.7. The molecule has 0 saturated carbocycles. The molecular weight excluding hydrogens is 546 g/mol. The molecule has 3 aromatic carbocycles. The number of carbonyl (C=O) groups excluding carboxylic acids is 2. The number of benzene rings is 3. The van der Waals surface area contributed by atoms with Crippen LogP contribution < -0.4 is 9.62 Å². The van der Waals surface area contributed by atoms with E-state index >= 15 is 0 Å². The van der Waals surface area contributed by atoms with Gasteiger partial charge in [-0.3, -0.25) is 13.9 Å². The number of amides is 2. The molecule has 40 heavy (non-hydrogen) atoms. The quantitative estimate of drug-likeness (QED) is 0.292. The predicted molar refractivity (Wildman–Crippen MR) is 162 cm³/mol. The molecule has 0 radical (unpaired) electrons. The zero-order valence-electron chi connectivity index (χ0n) is 23.5. The Morgan fingerprint density at radius 2 is 1.52 bits per heavy atom. The van der Waals surface area contributed by atoms with Crippen molar-refractivity contribution in [2.75, 3.05) is 23.7 Å². The molecule has 7 nitrogen and oxygen atoms in total. The zero-order valence-corrected chi connectivity index (χ0v) is 25.1. The van der Waals surface area contributed by atoms with Crippen LogP contribution in [0.5, 0.6) is 0 Å². The van der Waals surface area contributed by atoms with Crippen LogP contribution in [-0.4, -0.2) is 50.5 Å². The summed E-state index contributed by atoms with van der Waals surface area (Å²) in [5.41, 5.74) is 3.11. The second-order valence-electron chi connectivity index (χ2n) is 10.2. The molecule has 0 fully saturated rings. The summed E-state index contributed by atoms with van der Waals surface area (Å²) in [5, 5.41) is 3.48. The lowest BCUT2D eigenvalue weighted by atomic mass is 10.0. The van der Waals surface area contributed by atoms with Gasteiger partial charge in [0.2, 0.25) is 21.8 Å². The van der Waals surface area contributed by atoms with Gasteiger partial charge in [-0.2, -0.15) is 0 Å². The molecule has 0 spiro atoms. The highest BCUT2D eigenvalue weighted by molar-refractivity contribution is 7.92. The van der Waals surface area contributed by atoms with Gasteiger partial charge in [-0.1, -0.05) is 87.0 Å². The Labute approximate surface area is 243 Å². The van der Waals surface area contributed by atoms with Crippen molar-refractivity contribution < 1.29 is 18.0 Å². The average Bonchev–Trinajstić information content (AvgIpc) is 2.93. The van der Waals surface area contributed by atoms with Crippen LogP contribution in [0.1, 0.15) is 49.8 Å². The van der Waals surface area contributed by atoms with Gasteiger partial charge < -0.3 is 10.2 Å². The molecule has 0 bridgehead atoms. The van der Waals surface area contributed by atoms with Gasteiger partial charge in [-0.25, -0.2) is 8.42 Å². The van der Waals surface area contributed by atoms with Crippen molar-refractivity contribution in [3.05, 3.63) is 101 Å². The topological polar surface area (TPSA) is 86.8 Å². The SMILES string of the molecule is CCCNC(=O)[C@@H](Cc1ccccc1)N(Cc1ccc(Cl)cc1)C(=O)CN(c1ccc(C(C)C)cc1)S(C)(=O)=O. The fourth-order valence-electron chi connectivity index (χ4n) is 4.35. The Bertz CT molecular complexity index is 1360. The Morgan fingerprint density at radius 3 is 2.08 bits per heavy atom. The van der Waals surface area contributed by atoms with Crippen LogP contribution in [0.3, 0.4) is 0 Å². The smallest absolute Gasteiger partial charge is 0.244 e. The van der Waals surface area contributed by atoms with Crippen molar-refractivity contribution >= 4 is 39.1 Å². The predicted octanol–water partition coefficient (Wildman–Crippen LogP) is 5.40. The van der Waals surface area contributed by atoms with Crippen molar-refractivity contribution in [1.82, 2.24) is 10.2 Å². The molecular formula is C31H38ClN3O4S. The molecule has 0 saturated heterocycles. The minimum Gasteiger partial charge on any atom is -0.354 e. The normalized spacial score (nSPS) is 12.2. The minimum atomic E-state index is -3.81. The first-order valence-electron chi connectivity index (χ1n) is 13.4. The van der Waals surface area contributed by atoms with Crippen molar-refractivity contribution in [2.24, 2.45) is 0 Å². The lowest BCUT2D eigenvalue weighted by Gasteiger charge is -2.33. The molecule has 1 N–H and O–H groups in total. The number of nitrogens with zero attached hydrogens (tertiary/aromatic N) is 2. The number of hydrogen-bond donors (Lipinski definition) is 1. The number of nitrogens with one attached hydrogen (secondary N) is 1. The molecule has 3 aromatic rings. The number of halogens is 1. The van der Waals surface area contributed by atoms with E-state index in [9.17, 15) is 18.0 Å². The summed E-state index contributed by atoms with van der Waals surface area (Å²) < 4.78 is 26.9. The number of hydrogen-bond acceptors (Lipinski definition) is 4. The lowest BCUT2D eigenvalue weighted by Crippen LogP contribution is -2.53. The lowest BCUT2D eigenvalue weighted by molar-refractivity contribution is -0.140. The van der Waals surface area contributed by atoms with Crippen LogP contribution in [0.2, 0.25) is 5.02 Å². The first-order chi connectivity index (χ1) is 19.0. The third kappa shape index (κ3) is 8.83. The van der Waals surface area contributed by atoms with Crippen molar-refractivity contribution in [2.45, 2.75) is 52.1 Å². The first kappa shape index (κ1) is 31.2. The molecule has 2 amide bonds. The molecule has 0 heterocycles. The molecule has 0 aliphatic heterocycles. The Hall–Kier alpha value is -3.36.